The van der Waals surface area contributed by atoms with Crippen LogP contribution in [0, 0.1) is 5.92 Å². The van der Waals surface area contributed by atoms with E-state index in [-0.39, 0.29) is 11.5 Å². The molecule has 1 rings (SSSR count). The molecule has 3 N–H and O–H groups in total. The molecule has 2 amide bonds. The van der Waals surface area contributed by atoms with E-state index in [1.807, 2.05) is 0 Å². The second-order valence-electron chi connectivity index (χ2n) is 5.37. The largest absolute Gasteiger partial charge is 0.497 e. The zero-order chi connectivity index (χ0) is 18.3. The maximum Gasteiger partial charge on any atom is 0.329 e. The number of nitrogens with one attached hydrogen (secondary N) is 1. The van der Waals surface area contributed by atoms with Crippen molar-refractivity contribution in [3.8, 4) is 11.5 Å². The number of esters is 1. The summed E-state index contributed by atoms with van der Waals surface area (Å²) >= 11 is 0. The standard InChI is InChI=1S/C16H22N2O6/c1-9(2)14(16(21)24-8-13(17)19)18-15(20)10-5-11(22-3)7-12(6-10)23-4/h5-7,9,14H,8H2,1-4H3,(H2,17,19)(H,18,20)/t14-/m1/s1. The topological polar surface area (TPSA) is 117 Å². The first-order valence-electron chi connectivity index (χ1n) is 7.27. The molecule has 0 aliphatic rings. The SMILES string of the molecule is COc1cc(OC)cc(C(=O)N[C@@H](C(=O)OCC(N)=O)C(C)C)c1. The van der Waals surface area contributed by atoms with Gasteiger partial charge in [0.1, 0.15) is 17.5 Å². The Morgan fingerprint density at radius 1 is 1.08 bits per heavy atom. The van der Waals surface area contributed by atoms with E-state index in [9.17, 15) is 14.4 Å². The second kappa shape index (κ2) is 8.76. The molecule has 0 aromatic heterocycles. The van der Waals surface area contributed by atoms with Gasteiger partial charge in [0.05, 0.1) is 14.2 Å². The minimum Gasteiger partial charge on any atom is -0.497 e. The normalized spacial score (nSPS) is 11.5. The third-order valence-electron chi connectivity index (χ3n) is 3.18. The Morgan fingerprint density at radius 2 is 1.62 bits per heavy atom. The van der Waals surface area contributed by atoms with Crippen LogP contribution in [0.2, 0.25) is 0 Å². The van der Waals surface area contributed by atoms with Gasteiger partial charge in [-0.25, -0.2) is 4.79 Å². The van der Waals surface area contributed by atoms with Crippen LogP contribution >= 0.6 is 0 Å². The Kier molecular flexibility index (Phi) is 7.03. The quantitative estimate of drug-likeness (QED) is 0.666. The summed E-state index contributed by atoms with van der Waals surface area (Å²) in [6.45, 7) is 2.94. The number of amides is 2. The van der Waals surface area contributed by atoms with Gasteiger partial charge < -0.3 is 25.3 Å². The van der Waals surface area contributed by atoms with E-state index in [4.69, 9.17) is 19.9 Å². The van der Waals surface area contributed by atoms with Crippen LogP contribution in [0.15, 0.2) is 18.2 Å². The van der Waals surface area contributed by atoms with Crippen molar-refractivity contribution in [1.29, 1.82) is 0 Å². The fourth-order valence-electron chi connectivity index (χ4n) is 1.89. The zero-order valence-electron chi connectivity index (χ0n) is 14.1. The van der Waals surface area contributed by atoms with Crippen molar-refractivity contribution in [1.82, 2.24) is 5.32 Å². The molecule has 0 fully saturated rings. The minimum atomic E-state index is -0.922. The molecule has 0 aliphatic carbocycles. The average Bonchev–Trinajstić information content (AvgIpc) is 2.56. The molecule has 0 spiro atoms. The Bertz CT molecular complexity index is 592. The molecule has 8 heteroatoms. The Morgan fingerprint density at radius 3 is 2.04 bits per heavy atom. The summed E-state index contributed by atoms with van der Waals surface area (Å²) < 4.78 is 15.0. The van der Waals surface area contributed by atoms with Gasteiger partial charge >= 0.3 is 5.97 Å². The number of nitrogens with two attached hydrogens (primary N) is 1. The highest BCUT2D eigenvalue weighted by Gasteiger charge is 2.27. The predicted molar refractivity (Wildman–Crippen MR) is 85.8 cm³/mol. The fourth-order valence-corrected chi connectivity index (χ4v) is 1.89. The van der Waals surface area contributed by atoms with E-state index in [0.717, 1.165) is 0 Å². The van der Waals surface area contributed by atoms with Crippen LogP contribution in [0.5, 0.6) is 11.5 Å². The van der Waals surface area contributed by atoms with Gasteiger partial charge in [-0.05, 0) is 18.1 Å². The van der Waals surface area contributed by atoms with Crippen molar-refractivity contribution in [3.63, 3.8) is 0 Å². The van der Waals surface area contributed by atoms with Gasteiger partial charge in [0.25, 0.3) is 11.8 Å². The number of carbonyl (C=O) groups excluding carboxylic acids is 3. The lowest BCUT2D eigenvalue weighted by Gasteiger charge is -2.20. The van der Waals surface area contributed by atoms with Crippen molar-refractivity contribution in [2.75, 3.05) is 20.8 Å². The molecule has 0 bridgehead atoms. The molecule has 0 aliphatic heterocycles. The first-order chi connectivity index (χ1) is 11.3. The zero-order valence-corrected chi connectivity index (χ0v) is 14.1. The van der Waals surface area contributed by atoms with Crippen LogP contribution in [-0.4, -0.2) is 44.7 Å². The van der Waals surface area contributed by atoms with E-state index in [2.05, 4.69) is 5.32 Å². The Balaban J connectivity index is 2.92. The highest BCUT2D eigenvalue weighted by Crippen LogP contribution is 2.22. The first-order valence-corrected chi connectivity index (χ1v) is 7.27. The third kappa shape index (κ3) is 5.45. The summed E-state index contributed by atoms with van der Waals surface area (Å²) in [5.74, 6) is -1.36. The Hall–Kier alpha value is -2.77. The molecule has 1 atom stereocenters. The van der Waals surface area contributed by atoms with Gasteiger partial charge in [-0.2, -0.15) is 0 Å². The smallest absolute Gasteiger partial charge is 0.329 e. The summed E-state index contributed by atoms with van der Waals surface area (Å²) in [6.07, 6.45) is 0. The van der Waals surface area contributed by atoms with Gasteiger partial charge in [0, 0.05) is 11.6 Å². The highest BCUT2D eigenvalue weighted by molar-refractivity contribution is 5.97. The van der Waals surface area contributed by atoms with Crippen LogP contribution in [0.4, 0.5) is 0 Å². The summed E-state index contributed by atoms with van der Waals surface area (Å²) in [5, 5.41) is 2.58. The van der Waals surface area contributed by atoms with Crippen LogP contribution in [0.1, 0.15) is 24.2 Å². The number of benzene rings is 1. The summed E-state index contributed by atoms with van der Waals surface area (Å²) in [6, 6.07) is 3.74. The lowest BCUT2D eigenvalue weighted by molar-refractivity contribution is -0.150. The van der Waals surface area contributed by atoms with Gasteiger partial charge in [0.15, 0.2) is 6.61 Å². The molecule has 0 radical (unpaired) electrons. The number of hydrogen-bond acceptors (Lipinski definition) is 6. The number of methoxy groups -OCH3 is 2. The molecular formula is C16H22N2O6. The highest BCUT2D eigenvalue weighted by atomic mass is 16.5. The lowest BCUT2D eigenvalue weighted by Crippen LogP contribution is -2.46. The van der Waals surface area contributed by atoms with E-state index in [1.54, 1.807) is 19.9 Å². The maximum absolute atomic E-state index is 12.4. The summed E-state index contributed by atoms with van der Waals surface area (Å²) in [7, 11) is 2.93. The molecule has 8 nitrogen and oxygen atoms in total. The van der Waals surface area contributed by atoms with E-state index in [1.165, 1.54) is 26.4 Å². The maximum atomic E-state index is 12.4. The summed E-state index contributed by atoms with van der Waals surface area (Å²) in [5.41, 5.74) is 5.21. The van der Waals surface area contributed by atoms with E-state index >= 15 is 0 Å². The van der Waals surface area contributed by atoms with Crippen LogP contribution in [-0.2, 0) is 14.3 Å². The molecule has 0 saturated carbocycles. The number of rotatable bonds is 8. The average molecular weight is 338 g/mol. The lowest BCUT2D eigenvalue weighted by atomic mass is 10.0. The fraction of sp³-hybridized carbons (Fsp3) is 0.438. The third-order valence-corrected chi connectivity index (χ3v) is 3.18. The molecule has 1 aromatic carbocycles. The van der Waals surface area contributed by atoms with E-state index < -0.39 is 30.4 Å². The number of carbonyl (C=O) groups is 3. The summed E-state index contributed by atoms with van der Waals surface area (Å²) in [4.78, 5) is 35.1. The van der Waals surface area contributed by atoms with Crippen molar-refractivity contribution < 1.29 is 28.6 Å². The molecule has 0 saturated heterocycles. The van der Waals surface area contributed by atoms with Crippen molar-refractivity contribution in [3.05, 3.63) is 23.8 Å². The van der Waals surface area contributed by atoms with E-state index in [0.29, 0.717) is 11.5 Å². The number of hydrogen-bond donors (Lipinski definition) is 2. The van der Waals surface area contributed by atoms with Crippen molar-refractivity contribution in [2.45, 2.75) is 19.9 Å². The van der Waals surface area contributed by atoms with Gasteiger partial charge in [-0.15, -0.1) is 0 Å². The monoisotopic (exact) mass is 338 g/mol. The molecule has 0 unspecified atom stereocenters. The van der Waals surface area contributed by atoms with Crippen LogP contribution < -0.4 is 20.5 Å². The minimum absolute atomic E-state index is 0.248. The van der Waals surface area contributed by atoms with Crippen molar-refractivity contribution >= 4 is 17.8 Å². The first kappa shape index (κ1) is 19.3. The Labute approximate surface area is 140 Å². The van der Waals surface area contributed by atoms with Gasteiger partial charge in [-0.1, -0.05) is 13.8 Å². The van der Waals surface area contributed by atoms with Crippen molar-refractivity contribution in [2.24, 2.45) is 11.7 Å². The molecule has 24 heavy (non-hydrogen) atoms. The van der Waals surface area contributed by atoms with Gasteiger partial charge in [0.2, 0.25) is 0 Å². The molecule has 1 aromatic rings. The predicted octanol–water partition coefficient (Wildman–Crippen LogP) is 0.487. The molecule has 0 heterocycles. The molecule has 132 valence electrons. The number of primary amides is 1. The molecular weight excluding hydrogens is 316 g/mol. The van der Waals surface area contributed by atoms with Crippen LogP contribution in [0.3, 0.4) is 0 Å². The number of ether oxygens (including phenoxy) is 3. The second-order valence-corrected chi connectivity index (χ2v) is 5.37. The van der Waals surface area contributed by atoms with Crippen LogP contribution in [0.25, 0.3) is 0 Å². The van der Waals surface area contributed by atoms with Gasteiger partial charge in [-0.3, -0.25) is 9.59 Å².